The molecule has 1 aromatic rings. The van der Waals surface area contributed by atoms with Crippen LogP contribution in [0.4, 0.5) is 5.69 Å². The number of amides is 2. The summed E-state index contributed by atoms with van der Waals surface area (Å²) in [5, 5.41) is 6.78. The van der Waals surface area contributed by atoms with Gasteiger partial charge in [0.15, 0.2) is 0 Å². The minimum absolute atomic E-state index is 0. The number of anilines is 1. The quantitative estimate of drug-likeness (QED) is 0.778. The SMILES string of the molecule is Cl.O=C(NC1CC2CCC(C1)N2)C1CC(=O)N(c2cccc(Br)c2)C1. The van der Waals surface area contributed by atoms with Gasteiger partial charge in [0.1, 0.15) is 0 Å². The molecule has 2 bridgehead atoms. The van der Waals surface area contributed by atoms with E-state index in [1.807, 2.05) is 24.3 Å². The molecule has 0 spiro atoms. The molecule has 25 heavy (non-hydrogen) atoms. The lowest BCUT2D eigenvalue weighted by molar-refractivity contribution is -0.127. The van der Waals surface area contributed by atoms with Gasteiger partial charge in [0.2, 0.25) is 11.8 Å². The highest BCUT2D eigenvalue weighted by Crippen LogP contribution is 2.29. The average Bonchev–Trinajstić information content (AvgIpc) is 3.10. The van der Waals surface area contributed by atoms with Crippen molar-refractivity contribution < 1.29 is 9.59 Å². The summed E-state index contributed by atoms with van der Waals surface area (Å²) in [5.41, 5.74) is 0.851. The monoisotopic (exact) mass is 427 g/mol. The summed E-state index contributed by atoms with van der Waals surface area (Å²) in [6.07, 6.45) is 4.76. The van der Waals surface area contributed by atoms with E-state index in [4.69, 9.17) is 0 Å². The normalized spacial score (nSPS) is 30.9. The fourth-order valence-corrected chi connectivity index (χ4v) is 4.66. The Kier molecular flexibility index (Phi) is 5.71. The number of carbonyl (C=O) groups is 2. The van der Waals surface area contributed by atoms with Crippen molar-refractivity contribution in [2.24, 2.45) is 5.92 Å². The van der Waals surface area contributed by atoms with E-state index in [1.165, 1.54) is 12.8 Å². The number of hydrogen-bond donors (Lipinski definition) is 2. The van der Waals surface area contributed by atoms with Crippen molar-refractivity contribution in [2.45, 2.75) is 50.2 Å². The fourth-order valence-electron chi connectivity index (χ4n) is 4.27. The Bertz CT molecular complexity index is 659. The molecular weight excluding hydrogens is 406 g/mol. The Labute approximate surface area is 162 Å². The Morgan fingerprint density at radius 2 is 1.96 bits per heavy atom. The zero-order valence-corrected chi connectivity index (χ0v) is 16.3. The van der Waals surface area contributed by atoms with Gasteiger partial charge in [-0.25, -0.2) is 0 Å². The van der Waals surface area contributed by atoms with Crippen molar-refractivity contribution >= 4 is 45.8 Å². The van der Waals surface area contributed by atoms with E-state index in [9.17, 15) is 9.59 Å². The van der Waals surface area contributed by atoms with Crippen molar-refractivity contribution in [1.82, 2.24) is 10.6 Å². The number of nitrogens with one attached hydrogen (secondary N) is 2. The van der Waals surface area contributed by atoms with Gasteiger partial charge >= 0.3 is 0 Å². The van der Waals surface area contributed by atoms with E-state index in [0.717, 1.165) is 23.0 Å². The highest BCUT2D eigenvalue weighted by Gasteiger charge is 2.38. The highest BCUT2D eigenvalue weighted by molar-refractivity contribution is 9.10. The Balaban J connectivity index is 0.00000182. The van der Waals surface area contributed by atoms with Gasteiger partial charge in [0.25, 0.3) is 0 Å². The summed E-state index contributed by atoms with van der Waals surface area (Å²) in [6.45, 7) is 0.471. The van der Waals surface area contributed by atoms with Crippen LogP contribution in [0.2, 0.25) is 0 Å². The molecule has 3 aliphatic heterocycles. The van der Waals surface area contributed by atoms with Crippen molar-refractivity contribution in [3.05, 3.63) is 28.7 Å². The number of hydrogen-bond acceptors (Lipinski definition) is 3. The van der Waals surface area contributed by atoms with Crippen molar-refractivity contribution in [3.63, 3.8) is 0 Å². The van der Waals surface area contributed by atoms with Gasteiger partial charge in [-0.15, -0.1) is 12.4 Å². The molecule has 5 nitrogen and oxygen atoms in total. The van der Waals surface area contributed by atoms with E-state index >= 15 is 0 Å². The predicted molar refractivity (Wildman–Crippen MR) is 103 cm³/mol. The number of rotatable bonds is 3. The maximum Gasteiger partial charge on any atom is 0.227 e. The predicted octanol–water partition coefficient (Wildman–Crippen LogP) is 2.62. The number of halogens is 2. The number of fused-ring (bicyclic) bond motifs is 2. The second kappa shape index (κ2) is 7.64. The maximum absolute atomic E-state index is 12.6. The van der Waals surface area contributed by atoms with Crippen LogP contribution < -0.4 is 15.5 Å². The Morgan fingerprint density at radius 1 is 1.24 bits per heavy atom. The third kappa shape index (κ3) is 4.01. The van der Waals surface area contributed by atoms with Crippen LogP contribution in [0, 0.1) is 5.92 Å². The van der Waals surface area contributed by atoms with Crippen LogP contribution in [0.5, 0.6) is 0 Å². The van der Waals surface area contributed by atoms with Gasteiger partial charge in [-0.05, 0) is 43.9 Å². The zero-order valence-electron chi connectivity index (χ0n) is 13.9. The molecule has 136 valence electrons. The first-order valence-electron chi connectivity index (χ1n) is 8.71. The lowest BCUT2D eigenvalue weighted by Gasteiger charge is -2.30. The van der Waals surface area contributed by atoms with Crippen LogP contribution in [0.1, 0.15) is 32.1 Å². The second-order valence-electron chi connectivity index (χ2n) is 7.20. The molecule has 3 unspecified atom stereocenters. The minimum atomic E-state index is -0.246. The first kappa shape index (κ1) is 18.7. The van der Waals surface area contributed by atoms with Gasteiger partial charge in [-0.2, -0.15) is 0 Å². The first-order chi connectivity index (χ1) is 11.6. The third-order valence-electron chi connectivity index (χ3n) is 5.44. The lowest BCUT2D eigenvalue weighted by atomic mass is 9.98. The van der Waals surface area contributed by atoms with Gasteiger partial charge in [-0.1, -0.05) is 22.0 Å². The van der Waals surface area contributed by atoms with Crippen LogP contribution in [-0.2, 0) is 9.59 Å². The summed E-state index contributed by atoms with van der Waals surface area (Å²) >= 11 is 3.43. The largest absolute Gasteiger partial charge is 0.353 e. The van der Waals surface area contributed by atoms with E-state index in [2.05, 4.69) is 26.6 Å². The molecule has 3 fully saturated rings. The molecule has 3 saturated heterocycles. The zero-order chi connectivity index (χ0) is 16.7. The molecule has 3 atom stereocenters. The molecule has 4 rings (SSSR count). The Hall–Kier alpha value is -1.11. The maximum atomic E-state index is 12.6. The molecule has 2 N–H and O–H groups in total. The summed E-state index contributed by atoms with van der Waals surface area (Å²) < 4.78 is 0.936. The van der Waals surface area contributed by atoms with Crippen molar-refractivity contribution in [3.8, 4) is 0 Å². The molecule has 0 radical (unpaired) electrons. The van der Waals surface area contributed by atoms with Gasteiger partial charge in [-0.3, -0.25) is 9.59 Å². The summed E-state index contributed by atoms with van der Waals surface area (Å²) in [6, 6.07) is 9.03. The smallest absolute Gasteiger partial charge is 0.227 e. The number of carbonyl (C=O) groups excluding carboxylic acids is 2. The average molecular weight is 429 g/mol. The summed E-state index contributed by atoms with van der Waals surface area (Å²) in [5.74, 6) is -0.185. The molecule has 7 heteroatoms. The molecule has 0 saturated carbocycles. The van der Waals surface area contributed by atoms with Crippen LogP contribution in [0.15, 0.2) is 28.7 Å². The second-order valence-corrected chi connectivity index (χ2v) is 8.12. The van der Waals surface area contributed by atoms with Gasteiger partial charge < -0.3 is 15.5 Å². The van der Waals surface area contributed by atoms with E-state index in [1.54, 1.807) is 4.90 Å². The van der Waals surface area contributed by atoms with Crippen LogP contribution in [0.25, 0.3) is 0 Å². The van der Waals surface area contributed by atoms with Crippen molar-refractivity contribution in [2.75, 3.05) is 11.4 Å². The van der Waals surface area contributed by atoms with Crippen LogP contribution >= 0.6 is 28.3 Å². The number of benzene rings is 1. The highest BCUT2D eigenvalue weighted by atomic mass is 79.9. The molecule has 1 aromatic carbocycles. The third-order valence-corrected chi connectivity index (χ3v) is 5.93. The molecule has 0 aliphatic carbocycles. The summed E-state index contributed by atoms with van der Waals surface area (Å²) in [7, 11) is 0. The standard InChI is InChI=1S/C18H22BrN3O2.ClH/c19-12-2-1-3-16(7-12)22-10-11(6-17(22)23)18(24)21-15-8-13-4-5-14(9-15)20-13;/h1-3,7,11,13-15,20H,4-6,8-10H2,(H,21,24);1H. The van der Waals surface area contributed by atoms with Crippen LogP contribution in [0.3, 0.4) is 0 Å². The van der Waals surface area contributed by atoms with E-state index < -0.39 is 0 Å². The number of nitrogens with zero attached hydrogens (tertiary/aromatic N) is 1. The molecule has 3 aliphatic rings. The molecule has 2 amide bonds. The summed E-state index contributed by atoms with van der Waals surface area (Å²) in [4.78, 5) is 26.7. The lowest BCUT2D eigenvalue weighted by Crippen LogP contribution is -2.49. The topological polar surface area (TPSA) is 61.4 Å². The Morgan fingerprint density at radius 3 is 2.64 bits per heavy atom. The molecular formula is C18H23BrClN3O2. The van der Waals surface area contributed by atoms with Crippen LogP contribution in [-0.4, -0.2) is 36.5 Å². The van der Waals surface area contributed by atoms with E-state index in [-0.39, 0.29) is 36.2 Å². The molecule has 0 aromatic heterocycles. The van der Waals surface area contributed by atoms with Gasteiger partial charge in [0.05, 0.1) is 5.92 Å². The number of piperidine rings is 1. The minimum Gasteiger partial charge on any atom is -0.353 e. The first-order valence-corrected chi connectivity index (χ1v) is 9.50. The fraction of sp³-hybridized carbons (Fsp3) is 0.556. The molecule has 3 heterocycles. The van der Waals surface area contributed by atoms with E-state index in [0.29, 0.717) is 25.0 Å². The van der Waals surface area contributed by atoms with Crippen molar-refractivity contribution in [1.29, 1.82) is 0 Å². The van der Waals surface area contributed by atoms with Gasteiger partial charge in [0, 0.05) is 41.3 Å².